The van der Waals surface area contributed by atoms with Gasteiger partial charge < -0.3 is 0 Å². The van der Waals surface area contributed by atoms with Crippen molar-refractivity contribution < 1.29 is 0 Å². The average molecular weight is 749 g/mol. The van der Waals surface area contributed by atoms with Gasteiger partial charge in [0.05, 0.1) is 0 Å². The molecule has 0 aliphatic rings. The van der Waals surface area contributed by atoms with Crippen molar-refractivity contribution in [3.05, 3.63) is 0 Å². The fraction of sp³-hybridized carbons (Fsp3) is 1.00. The van der Waals surface area contributed by atoms with Crippen LogP contribution in [0.4, 0.5) is 0 Å². The quantitative estimate of drug-likeness (QED) is 0.211. The first-order valence-electron chi connectivity index (χ1n) is 5.40. The summed E-state index contributed by atoms with van der Waals surface area (Å²) in [6.07, 6.45) is 0. The normalized spacial score (nSPS) is 16.7. The van der Waals surface area contributed by atoms with E-state index in [0.29, 0.717) is 0 Å². The van der Waals surface area contributed by atoms with E-state index in [1.807, 2.05) is 5.32 Å². The number of alkyl halides is 18. The van der Waals surface area contributed by atoms with Crippen LogP contribution in [0.1, 0.15) is 0 Å². The molecule has 0 aromatic rings. The number of nitrogens with one attached hydrogen (secondary N) is 1. The van der Waals surface area contributed by atoms with E-state index in [9.17, 15) is 0 Å². The van der Waals surface area contributed by atoms with Crippen molar-refractivity contribution in [1.82, 2.24) is 5.32 Å². The summed E-state index contributed by atoms with van der Waals surface area (Å²) < 4.78 is -21.4. The molecule has 0 atom stereocenters. The van der Waals surface area contributed by atoms with Crippen LogP contribution in [0.5, 0.6) is 0 Å². The third kappa shape index (κ3) is 6.25. The summed E-state index contributed by atoms with van der Waals surface area (Å²) in [7, 11) is 0. The summed E-state index contributed by atoms with van der Waals surface area (Å²) >= 11 is 106. The Kier molecular flexibility index (Phi) is 11.5. The van der Waals surface area contributed by atoms with Gasteiger partial charge >= 0.3 is 0 Å². The SMILES string of the molecule is ClC(Cl)(Cl)C(Cl)(Cl)C(Cl)(Cl)C(Cl)(Cl)NC(Cl)(Cl)C(Cl)(Cl)C(Cl)(Cl)C(Cl)(Cl)Cl. The van der Waals surface area contributed by atoms with Crippen LogP contribution in [-0.4, -0.2) is 33.8 Å². The minimum atomic E-state index is -2.77. The van der Waals surface area contributed by atoms with E-state index in [0.717, 1.165) is 0 Å². The third-order valence-electron chi connectivity index (χ3n) is 2.60. The first-order valence-corrected chi connectivity index (χ1v) is 12.2. The molecule has 0 aromatic heterocycles. The molecular weight excluding hydrogens is 748 g/mol. The van der Waals surface area contributed by atoms with Crippen LogP contribution in [0.3, 0.4) is 0 Å². The maximum Gasteiger partial charge on any atom is 0.226 e. The summed E-state index contributed by atoms with van der Waals surface area (Å²) in [6, 6.07) is 0. The number of hydrogen-bond donors (Lipinski definition) is 1. The van der Waals surface area contributed by atoms with E-state index >= 15 is 0 Å². The van der Waals surface area contributed by atoms with Crippen molar-refractivity contribution in [2.45, 2.75) is 33.8 Å². The molecule has 0 aromatic carbocycles. The van der Waals surface area contributed by atoms with Crippen LogP contribution in [-0.2, 0) is 0 Å². The van der Waals surface area contributed by atoms with E-state index in [-0.39, 0.29) is 0 Å². The standard InChI is InChI=1S/C8HCl18N/c9-1(10,5(17,18)19)3(13,14)7(23,24)27-8(25,26)4(15,16)2(11,12)6(20,21)22/h27H. The summed E-state index contributed by atoms with van der Waals surface area (Å²) in [5, 5.41) is 2.01. The van der Waals surface area contributed by atoms with Crippen LogP contribution in [0.2, 0.25) is 0 Å². The highest BCUT2D eigenvalue weighted by atomic mass is 35.6. The topological polar surface area (TPSA) is 12.0 Å². The lowest BCUT2D eigenvalue weighted by atomic mass is 10.2. The van der Waals surface area contributed by atoms with E-state index < -0.39 is 33.8 Å². The summed E-state index contributed by atoms with van der Waals surface area (Å²) in [4.78, 5) is 0. The Morgan fingerprint density at radius 2 is 0.481 bits per heavy atom. The molecule has 0 bridgehead atoms. The maximum atomic E-state index is 6.05. The molecule has 0 aliphatic heterocycles. The first kappa shape index (κ1) is 32.2. The highest BCUT2D eigenvalue weighted by Gasteiger charge is 2.73. The number of rotatable bonds is 6. The Morgan fingerprint density at radius 1 is 0.296 bits per heavy atom. The smallest absolute Gasteiger partial charge is 0.226 e. The highest BCUT2D eigenvalue weighted by Crippen LogP contribution is 2.65. The fourth-order valence-corrected chi connectivity index (χ4v) is 5.57. The van der Waals surface area contributed by atoms with Gasteiger partial charge in [0.1, 0.15) is 0 Å². The zero-order chi connectivity index (χ0) is 22.7. The molecule has 1 N–H and O–H groups in total. The van der Waals surface area contributed by atoms with E-state index in [2.05, 4.69) is 0 Å². The molecule has 0 heterocycles. The van der Waals surface area contributed by atoms with Crippen molar-refractivity contribution in [2.24, 2.45) is 0 Å². The van der Waals surface area contributed by atoms with Crippen LogP contribution in [0.15, 0.2) is 0 Å². The van der Waals surface area contributed by atoms with Gasteiger partial charge in [-0.05, 0) is 0 Å². The Bertz CT molecular complexity index is 489. The lowest BCUT2D eigenvalue weighted by Gasteiger charge is -2.49. The van der Waals surface area contributed by atoms with Gasteiger partial charge in [0.2, 0.25) is 33.8 Å². The van der Waals surface area contributed by atoms with Gasteiger partial charge in [0, 0.05) is 0 Å². The van der Waals surface area contributed by atoms with Gasteiger partial charge in [-0.2, -0.15) is 0 Å². The van der Waals surface area contributed by atoms with Crippen LogP contribution in [0.25, 0.3) is 0 Å². The molecular formula is C8HCl18N. The molecule has 0 fully saturated rings. The van der Waals surface area contributed by atoms with Crippen LogP contribution < -0.4 is 5.32 Å². The molecule has 0 saturated carbocycles. The molecule has 27 heavy (non-hydrogen) atoms. The second-order valence-electron chi connectivity index (χ2n) is 4.57. The maximum absolute atomic E-state index is 6.05. The van der Waals surface area contributed by atoms with Crippen molar-refractivity contribution >= 4 is 209 Å². The monoisotopic (exact) mass is 740 g/mol. The minimum Gasteiger partial charge on any atom is -0.249 e. The predicted molar refractivity (Wildman–Crippen MR) is 130 cm³/mol. The second-order valence-corrected chi connectivity index (χ2v) is 17.1. The van der Waals surface area contributed by atoms with E-state index in [1.165, 1.54) is 0 Å². The highest BCUT2D eigenvalue weighted by molar-refractivity contribution is 6.82. The zero-order valence-corrected chi connectivity index (χ0v) is 24.9. The Labute approximate surface area is 244 Å². The molecule has 1 nitrogen and oxygen atoms in total. The van der Waals surface area contributed by atoms with Crippen molar-refractivity contribution in [3.63, 3.8) is 0 Å². The molecule has 0 saturated heterocycles. The second kappa shape index (κ2) is 9.67. The van der Waals surface area contributed by atoms with Crippen molar-refractivity contribution in [3.8, 4) is 0 Å². The van der Waals surface area contributed by atoms with Crippen LogP contribution >= 0.6 is 209 Å². The molecule has 164 valence electrons. The molecule has 19 heteroatoms. The molecule has 0 unspecified atom stereocenters. The number of hydrogen-bond acceptors (Lipinski definition) is 1. The Balaban J connectivity index is 6.19. The summed E-state index contributed by atoms with van der Waals surface area (Å²) in [5.41, 5.74) is 0. The average Bonchev–Trinajstić information content (AvgIpc) is 2.33. The minimum absolute atomic E-state index is 2.01. The van der Waals surface area contributed by atoms with Gasteiger partial charge in [-0.1, -0.05) is 209 Å². The molecule has 0 rings (SSSR count). The molecule has 0 radical (unpaired) electrons. The van der Waals surface area contributed by atoms with Gasteiger partial charge in [0.15, 0.2) is 0 Å². The van der Waals surface area contributed by atoms with E-state index in [1.54, 1.807) is 0 Å². The third-order valence-corrected chi connectivity index (χ3v) is 13.1. The van der Waals surface area contributed by atoms with Gasteiger partial charge in [-0.3, -0.25) is 0 Å². The Hall–Kier alpha value is 5.18. The lowest BCUT2D eigenvalue weighted by molar-refractivity contribution is 0.414. The molecule has 0 amide bonds. The van der Waals surface area contributed by atoms with Crippen molar-refractivity contribution in [2.75, 3.05) is 0 Å². The molecule has 0 spiro atoms. The van der Waals surface area contributed by atoms with Gasteiger partial charge in [-0.25, -0.2) is 5.32 Å². The van der Waals surface area contributed by atoms with E-state index in [4.69, 9.17) is 209 Å². The Morgan fingerprint density at radius 3 is 0.630 bits per heavy atom. The first-order chi connectivity index (χ1) is 11.2. The molecule has 0 aliphatic carbocycles. The largest absolute Gasteiger partial charge is 0.249 e. The predicted octanol–water partition coefficient (Wildman–Crippen LogP) is 10.3. The van der Waals surface area contributed by atoms with Gasteiger partial charge in [0.25, 0.3) is 0 Å². The number of halogens is 18. The summed E-state index contributed by atoms with van der Waals surface area (Å²) in [6.45, 7) is 0. The fourth-order valence-electron chi connectivity index (χ4n) is 1.10. The summed E-state index contributed by atoms with van der Waals surface area (Å²) in [5.74, 6) is 0. The van der Waals surface area contributed by atoms with Gasteiger partial charge in [-0.15, -0.1) is 0 Å². The lowest BCUT2D eigenvalue weighted by Crippen LogP contribution is -2.69. The van der Waals surface area contributed by atoms with Crippen molar-refractivity contribution in [1.29, 1.82) is 0 Å². The van der Waals surface area contributed by atoms with Crippen LogP contribution in [0, 0.1) is 0 Å². The zero-order valence-electron chi connectivity index (χ0n) is 11.3.